The molecule has 180 valence electrons. The molecule has 2 aromatic carbocycles. The lowest BCUT2D eigenvalue weighted by molar-refractivity contribution is -0.117. The van der Waals surface area contributed by atoms with Crippen LogP contribution in [0.25, 0.3) is 10.4 Å². The third-order valence-corrected chi connectivity index (χ3v) is 8.32. The third kappa shape index (κ3) is 5.81. The first-order valence-corrected chi connectivity index (χ1v) is 13.3. The Morgan fingerprint density at radius 2 is 1.94 bits per heavy atom. The molecular weight excluding hydrogens is 477 g/mol. The number of halogens is 1. The maximum atomic E-state index is 13.5. The highest BCUT2D eigenvalue weighted by molar-refractivity contribution is 7.92. The monoisotopic (exact) mass is 503 g/mol. The Hall–Kier alpha value is -2.82. The molecule has 0 spiro atoms. The van der Waals surface area contributed by atoms with Gasteiger partial charge in [-0.25, -0.2) is 17.8 Å². The van der Waals surface area contributed by atoms with Crippen LogP contribution in [0.3, 0.4) is 0 Å². The average Bonchev–Trinajstić information content (AvgIpc) is 3.14. The van der Waals surface area contributed by atoms with Gasteiger partial charge in [0.25, 0.3) is 10.0 Å². The van der Waals surface area contributed by atoms with E-state index >= 15 is 0 Å². The van der Waals surface area contributed by atoms with E-state index in [1.807, 2.05) is 13.0 Å². The molecule has 4 rings (SSSR count). The number of amides is 1. The van der Waals surface area contributed by atoms with E-state index in [-0.39, 0.29) is 16.5 Å². The number of anilines is 2. The summed E-state index contributed by atoms with van der Waals surface area (Å²) in [4.78, 5) is 17.8. The van der Waals surface area contributed by atoms with Crippen LogP contribution in [-0.4, -0.2) is 32.5 Å². The van der Waals surface area contributed by atoms with Crippen molar-refractivity contribution in [3.05, 3.63) is 59.5 Å². The summed E-state index contributed by atoms with van der Waals surface area (Å²) in [6.07, 6.45) is 2.18. The number of benzene rings is 2. The maximum absolute atomic E-state index is 13.5. The van der Waals surface area contributed by atoms with Crippen LogP contribution in [0.15, 0.2) is 47.4 Å². The lowest BCUT2D eigenvalue weighted by Gasteiger charge is -2.20. The number of carbonyl (C=O) groups excluding carboxylic acids is 1. The van der Waals surface area contributed by atoms with E-state index in [1.54, 1.807) is 19.1 Å². The summed E-state index contributed by atoms with van der Waals surface area (Å²) in [5.41, 5.74) is 2.06. The van der Waals surface area contributed by atoms with Crippen molar-refractivity contribution in [2.24, 2.45) is 5.92 Å². The van der Waals surface area contributed by atoms with Gasteiger partial charge in [-0.15, -0.1) is 0 Å². The largest absolute Gasteiger partial charge is 0.381 e. The molecule has 2 heterocycles. The smallest absolute Gasteiger partial charge is 0.262 e. The zero-order valence-corrected chi connectivity index (χ0v) is 20.6. The number of thiazole rings is 1. The number of aryl methyl sites for hydroxylation is 2. The van der Waals surface area contributed by atoms with E-state index < -0.39 is 15.8 Å². The molecule has 1 aliphatic heterocycles. The van der Waals surface area contributed by atoms with Crippen molar-refractivity contribution in [1.82, 2.24) is 4.98 Å². The molecule has 0 unspecified atom stereocenters. The van der Waals surface area contributed by atoms with Gasteiger partial charge in [0.1, 0.15) is 5.82 Å². The molecule has 2 N–H and O–H groups in total. The Bertz CT molecular complexity index is 1300. The average molecular weight is 504 g/mol. The summed E-state index contributed by atoms with van der Waals surface area (Å²) in [6.45, 7) is 4.89. The number of nitrogens with one attached hydrogen (secondary N) is 2. The summed E-state index contributed by atoms with van der Waals surface area (Å²) < 4.78 is 47.3. The maximum Gasteiger partial charge on any atom is 0.262 e. The highest BCUT2D eigenvalue weighted by Gasteiger charge is 2.21. The normalized spacial score (nSPS) is 14.7. The number of hydrogen-bond donors (Lipinski definition) is 2. The van der Waals surface area contributed by atoms with Crippen molar-refractivity contribution >= 4 is 38.1 Å². The number of aromatic nitrogens is 1. The first-order chi connectivity index (χ1) is 16.2. The van der Waals surface area contributed by atoms with Crippen LogP contribution in [0, 0.1) is 25.6 Å². The molecule has 1 aliphatic rings. The molecule has 1 aromatic heterocycles. The predicted molar refractivity (Wildman–Crippen MR) is 131 cm³/mol. The summed E-state index contributed by atoms with van der Waals surface area (Å²) >= 11 is 1.30. The van der Waals surface area contributed by atoms with Crippen molar-refractivity contribution in [1.29, 1.82) is 0 Å². The minimum Gasteiger partial charge on any atom is -0.381 e. The Morgan fingerprint density at radius 3 is 2.68 bits per heavy atom. The van der Waals surface area contributed by atoms with Gasteiger partial charge in [0.2, 0.25) is 5.91 Å². The SMILES string of the molecule is Cc1ccc(-c2sc(NC(=O)CC3CCOCC3)nc2C)cc1S(=O)(=O)Nc1cccc(F)c1. The van der Waals surface area contributed by atoms with Gasteiger partial charge in [0.15, 0.2) is 5.13 Å². The lowest BCUT2D eigenvalue weighted by atomic mass is 9.96. The molecule has 1 saturated heterocycles. The van der Waals surface area contributed by atoms with Gasteiger partial charge in [-0.1, -0.05) is 29.5 Å². The summed E-state index contributed by atoms with van der Waals surface area (Å²) in [5, 5.41) is 3.36. The number of ether oxygens (including phenoxy) is 1. The molecule has 0 aliphatic carbocycles. The summed E-state index contributed by atoms with van der Waals surface area (Å²) in [7, 11) is -3.95. The topological polar surface area (TPSA) is 97.4 Å². The van der Waals surface area contributed by atoms with Crippen LogP contribution in [0.2, 0.25) is 0 Å². The summed E-state index contributed by atoms with van der Waals surface area (Å²) in [6, 6.07) is 10.4. The fourth-order valence-electron chi connectivity index (χ4n) is 3.89. The van der Waals surface area contributed by atoms with Gasteiger partial charge in [0, 0.05) is 19.6 Å². The van der Waals surface area contributed by atoms with Crippen LogP contribution in [0.4, 0.5) is 15.2 Å². The van der Waals surface area contributed by atoms with E-state index in [2.05, 4.69) is 15.0 Å². The van der Waals surface area contributed by atoms with Crippen molar-refractivity contribution in [2.45, 2.75) is 38.0 Å². The van der Waals surface area contributed by atoms with Crippen molar-refractivity contribution in [2.75, 3.05) is 23.3 Å². The van der Waals surface area contributed by atoms with Gasteiger partial charge < -0.3 is 10.1 Å². The summed E-state index contributed by atoms with van der Waals surface area (Å²) in [5.74, 6) is -0.305. The third-order valence-electron chi connectivity index (χ3n) is 5.67. The first-order valence-electron chi connectivity index (χ1n) is 11.0. The van der Waals surface area contributed by atoms with Crippen LogP contribution in [0.5, 0.6) is 0 Å². The molecule has 1 fully saturated rings. The van der Waals surface area contributed by atoms with Crippen LogP contribution < -0.4 is 10.0 Å². The fraction of sp³-hybridized carbons (Fsp3) is 0.333. The molecule has 0 saturated carbocycles. The zero-order chi connectivity index (χ0) is 24.3. The Kier molecular flexibility index (Phi) is 7.30. The van der Waals surface area contributed by atoms with E-state index in [0.29, 0.717) is 47.5 Å². The van der Waals surface area contributed by atoms with Crippen molar-refractivity contribution < 1.29 is 22.3 Å². The van der Waals surface area contributed by atoms with Gasteiger partial charge in [-0.3, -0.25) is 9.52 Å². The van der Waals surface area contributed by atoms with E-state index in [1.165, 1.54) is 29.5 Å². The van der Waals surface area contributed by atoms with Gasteiger partial charge >= 0.3 is 0 Å². The van der Waals surface area contributed by atoms with Crippen molar-refractivity contribution in [3.8, 4) is 10.4 Å². The minimum atomic E-state index is -3.95. The lowest BCUT2D eigenvalue weighted by Crippen LogP contribution is -2.22. The molecular formula is C24H26FN3O4S2. The fourth-order valence-corrected chi connectivity index (χ4v) is 6.19. The van der Waals surface area contributed by atoms with Crippen molar-refractivity contribution in [3.63, 3.8) is 0 Å². The van der Waals surface area contributed by atoms with Crippen LogP contribution in [0.1, 0.15) is 30.5 Å². The quantitative estimate of drug-likeness (QED) is 0.466. The molecule has 34 heavy (non-hydrogen) atoms. The number of hydrogen-bond acceptors (Lipinski definition) is 6. The Morgan fingerprint density at radius 1 is 1.18 bits per heavy atom. The molecule has 0 bridgehead atoms. The van der Waals surface area contributed by atoms with E-state index in [9.17, 15) is 17.6 Å². The number of carbonyl (C=O) groups is 1. The number of sulfonamides is 1. The molecule has 7 nitrogen and oxygen atoms in total. The second kappa shape index (κ2) is 10.2. The second-order valence-corrected chi connectivity index (χ2v) is 11.0. The Balaban J connectivity index is 1.54. The van der Waals surface area contributed by atoms with Gasteiger partial charge in [-0.2, -0.15) is 0 Å². The first kappa shape index (κ1) is 24.3. The van der Waals surface area contributed by atoms with Gasteiger partial charge in [0.05, 0.1) is 21.2 Å². The molecule has 3 aromatic rings. The standard InChI is InChI=1S/C24H26FN3O4S2/c1-15-6-7-18(13-21(15)34(30,31)28-20-5-3-4-19(25)14-20)23-16(2)26-24(33-23)27-22(29)12-17-8-10-32-11-9-17/h3-7,13-14,17,28H,8-12H2,1-2H3,(H,26,27,29). The van der Waals surface area contributed by atoms with E-state index in [4.69, 9.17) is 4.74 Å². The van der Waals surface area contributed by atoms with Gasteiger partial charge in [-0.05, 0) is 68.0 Å². The predicted octanol–water partition coefficient (Wildman–Crippen LogP) is 5.12. The number of rotatable bonds is 7. The molecule has 0 radical (unpaired) electrons. The zero-order valence-electron chi connectivity index (χ0n) is 18.9. The highest BCUT2D eigenvalue weighted by atomic mass is 32.2. The Labute approximate surface area is 202 Å². The van der Waals surface area contributed by atoms with Crippen LogP contribution >= 0.6 is 11.3 Å². The minimum absolute atomic E-state index is 0.0846. The molecule has 1 amide bonds. The highest BCUT2D eigenvalue weighted by Crippen LogP contribution is 2.35. The number of nitrogens with zero attached hydrogens (tertiary/aromatic N) is 1. The van der Waals surface area contributed by atoms with Crippen LogP contribution in [-0.2, 0) is 19.6 Å². The molecule has 10 heteroatoms. The second-order valence-electron chi connectivity index (χ2n) is 8.34. The van der Waals surface area contributed by atoms with E-state index in [0.717, 1.165) is 23.8 Å². The molecule has 0 atom stereocenters.